The number of nitrogen functional groups attached to an aromatic ring is 1. The number of para-hydroxylation sites is 1. The summed E-state index contributed by atoms with van der Waals surface area (Å²) in [5.74, 6) is 0. The molecule has 2 rings (SSSR count). The van der Waals surface area contributed by atoms with Gasteiger partial charge < -0.3 is 16.4 Å². The van der Waals surface area contributed by atoms with E-state index in [1.807, 2.05) is 18.2 Å². The highest BCUT2D eigenvalue weighted by Crippen LogP contribution is 2.29. The van der Waals surface area contributed by atoms with Crippen LogP contribution in [0.25, 0.3) is 0 Å². The molecule has 0 saturated carbocycles. The van der Waals surface area contributed by atoms with Gasteiger partial charge in [0.2, 0.25) is 0 Å². The molecule has 0 unspecified atom stereocenters. The summed E-state index contributed by atoms with van der Waals surface area (Å²) >= 11 is 0. The van der Waals surface area contributed by atoms with Crippen LogP contribution in [0.15, 0.2) is 18.2 Å². The minimum atomic E-state index is 0.815. The Morgan fingerprint density at radius 2 is 2.00 bits per heavy atom. The van der Waals surface area contributed by atoms with Crippen LogP contribution >= 0.6 is 0 Å². The van der Waals surface area contributed by atoms with Crippen LogP contribution in [0.2, 0.25) is 0 Å². The molecule has 1 aromatic rings. The smallest absolute Gasteiger partial charge is 0.0810 e. The molecule has 3 nitrogen and oxygen atoms in total. The van der Waals surface area contributed by atoms with Crippen molar-refractivity contribution in [2.75, 3.05) is 29.5 Å². The van der Waals surface area contributed by atoms with Crippen molar-refractivity contribution in [3.05, 3.63) is 18.2 Å². The Hall–Kier alpha value is -1.38. The standard InChI is InChI=1S/C8H11N3/c9-6-2-1-3-7-8(6)11-5-4-10-7/h1-3,10-11H,4-5,9H2. The number of nitrogens with two attached hydrogens (primary N) is 1. The Bertz CT molecular complexity index is 270. The molecule has 58 valence electrons. The first kappa shape index (κ1) is 6.34. The largest absolute Gasteiger partial charge is 0.397 e. The molecule has 3 heteroatoms. The van der Waals surface area contributed by atoms with E-state index in [9.17, 15) is 0 Å². The van der Waals surface area contributed by atoms with Gasteiger partial charge in [-0.25, -0.2) is 0 Å². The molecule has 0 radical (unpaired) electrons. The lowest BCUT2D eigenvalue weighted by atomic mass is 10.2. The third-order valence-electron chi connectivity index (χ3n) is 1.84. The molecule has 0 aliphatic carbocycles. The first-order valence-electron chi connectivity index (χ1n) is 3.74. The zero-order chi connectivity index (χ0) is 7.68. The zero-order valence-electron chi connectivity index (χ0n) is 6.22. The van der Waals surface area contributed by atoms with Crippen LogP contribution in [0.3, 0.4) is 0 Å². The molecule has 1 aromatic carbocycles. The summed E-state index contributed by atoms with van der Waals surface area (Å²) in [5, 5.41) is 6.50. The Kier molecular flexibility index (Phi) is 1.35. The van der Waals surface area contributed by atoms with Crippen molar-refractivity contribution in [1.29, 1.82) is 0 Å². The Morgan fingerprint density at radius 1 is 1.18 bits per heavy atom. The topological polar surface area (TPSA) is 50.1 Å². The van der Waals surface area contributed by atoms with Gasteiger partial charge in [0.05, 0.1) is 17.1 Å². The number of anilines is 3. The molecule has 0 amide bonds. The van der Waals surface area contributed by atoms with Crippen molar-refractivity contribution in [1.82, 2.24) is 0 Å². The normalized spacial score (nSPS) is 14.5. The van der Waals surface area contributed by atoms with Gasteiger partial charge in [-0.1, -0.05) is 6.07 Å². The first-order valence-corrected chi connectivity index (χ1v) is 3.74. The molecule has 0 aromatic heterocycles. The van der Waals surface area contributed by atoms with E-state index >= 15 is 0 Å². The second kappa shape index (κ2) is 2.34. The summed E-state index contributed by atoms with van der Waals surface area (Å²) in [5.41, 5.74) is 8.70. The van der Waals surface area contributed by atoms with Gasteiger partial charge in [0, 0.05) is 13.1 Å². The maximum atomic E-state index is 5.74. The van der Waals surface area contributed by atoms with Gasteiger partial charge in [0.1, 0.15) is 0 Å². The van der Waals surface area contributed by atoms with Crippen LogP contribution in [0.1, 0.15) is 0 Å². The molecule has 0 atom stereocenters. The van der Waals surface area contributed by atoms with E-state index in [1.54, 1.807) is 0 Å². The molecule has 1 aliphatic rings. The van der Waals surface area contributed by atoms with Crippen molar-refractivity contribution >= 4 is 17.1 Å². The minimum Gasteiger partial charge on any atom is -0.397 e. The quantitative estimate of drug-likeness (QED) is 0.484. The molecule has 0 spiro atoms. The van der Waals surface area contributed by atoms with Crippen LogP contribution in [0, 0.1) is 0 Å². The van der Waals surface area contributed by atoms with Gasteiger partial charge in [-0.15, -0.1) is 0 Å². The van der Waals surface area contributed by atoms with Crippen LogP contribution in [0.4, 0.5) is 17.1 Å². The predicted molar refractivity (Wildman–Crippen MR) is 47.8 cm³/mol. The van der Waals surface area contributed by atoms with Crippen LogP contribution in [0.5, 0.6) is 0 Å². The van der Waals surface area contributed by atoms with E-state index in [1.165, 1.54) is 0 Å². The molecule has 1 aliphatic heterocycles. The summed E-state index contributed by atoms with van der Waals surface area (Å²) in [6, 6.07) is 5.88. The van der Waals surface area contributed by atoms with E-state index < -0.39 is 0 Å². The molecule has 11 heavy (non-hydrogen) atoms. The van der Waals surface area contributed by atoms with Gasteiger partial charge in [0.25, 0.3) is 0 Å². The fourth-order valence-corrected chi connectivity index (χ4v) is 1.30. The monoisotopic (exact) mass is 149 g/mol. The van der Waals surface area contributed by atoms with Gasteiger partial charge in [0.15, 0.2) is 0 Å². The van der Waals surface area contributed by atoms with Crippen molar-refractivity contribution < 1.29 is 0 Å². The third-order valence-corrected chi connectivity index (χ3v) is 1.84. The molecular weight excluding hydrogens is 138 g/mol. The van der Waals surface area contributed by atoms with Crippen molar-refractivity contribution in [2.45, 2.75) is 0 Å². The molecule has 0 fully saturated rings. The van der Waals surface area contributed by atoms with Crippen LogP contribution in [-0.4, -0.2) is 13.1 Å². The number of benzene rings is 1. The minimum absolute atomic E-state index is 0.815. The fourth-order valence-electron chi connectivity index (χ4n) is 1.30. The van der Waals surface area contributed by atoms with Gasteiger partial charge in [-0.05, 0) is 12.1 Å². The highest BCUT2D eigenvalue weighted by molar-refractivity contribution is 5.82. The van der Waals surface area contributed by atoms with E-state index in [0.29, 0.717) is 0 Å². The van der Waals surface area contributed by atoms with Crippen molar-refractivity contribution in [3.8, 4) is 0 Å². The summed E-state index contributed by atoms with van der Waals surface area (Å²) in [4.78, 5) is 0. The number of rotatable bonds is 0. The number of fused-ring (bicyclic) bond motifs is 1. The summed E-state index contributed by atoms with van der Waals surface area (Å²) in [6.07, 6.45) is 0. The average molecular weight is 149 g/mol. The molecular formula is C8H11N3. The summed E-state index contributed by atoms with van der Waals surface area (Å²) in [7, 11) is 0. The van der Waals surface area contributed by atoms with Gasteiger partial charge in [-0.2, -0.15) is 0 Å². The maximum Gasteiger partial charge on any atom is 0.0810 e. The summed E-state index contributed by atoms with van der Waals surface area (Å²) in [6.45, 7) is 1.91. The summed E-state index contributed by atoms with van der Waals surface area (Å²) < 4.78 is 0. The second-order valence-corrected chi connectivity index (χ2v) is 2.62. The van der Waals surface area contributed by atoms with Crippen molar-refractivity contribution in [2.24, 2.45) is 0 Å². The lowest BCUT2D eigenvalue weighted by molar-refractivity contribution is 1.05. The lowest BCUT2D eigenvalue weighted by Gasteiger charge is -2.20. The number of hydrogen-bond acceptors (Lipinski definition) is 3. The highest BCUT2D eigenvalue weighted by atomic mass is 15.0. The SMILES string of the molecule is Nc1cccc2c1NCCN2. The van der Waals surface area contributed by atoms with E-state index in [-0.39, 0.29) is 0 Å². The predicted octanol–water partition coefficient (Wildman–Crippen LogP) is 1.11. The third kappa shape index (κ3) is 0.981. The second-order valence-electron chi connectivity index (χ2n) is 2.62. The van der Waals surface area contributed by atoms with Crippen molar-refractivity contribution in [3.63, 3.8) is 0 Å². The average Bonchev–Trinajstić information content (AvgIpc) is 2.06. The molecule has 4 N–H and O–H groups in total. The lowest BCUT2D eigenvalue weighted by Crippen LogP contribution is -2.21. The maximum absolute atomic E-state index is 5.74. The Labute approximate surface area is 65.6 Å². The van der Waals surface area contributed by atoms with E-state index in [4.69, 9.17) is 5.73 Å². The first-order chi connectivity index (χ1) is 5.38. The van der Waals surface area contributed by atoms with Gasteiger partial charge >= 0.3 is 0 Å². The Morgan fingerprint density at radius 3 is 2.82 bits per heavy atom. The number of hydrogen-bond donors (Lipinski definition) is 3. The van der Waals surface area contributed by atoms with Crippen LogP contribution < -0.4 is 16.4 Å². The molecule has 1 heterocycles. The zero-order valence-corrected chi connectivity index (χ0v) is 6.22. The van der Waals surface area contributed by atoms with Gasteiger partial charge in [-0.3, -0.25) is 0 Å². The van der Waals surface area contributed by atoms with E-state index in [2.05, 4.69) is 10.6 Å². The molecule has 0 bridgehead atoms. The Balaban J connectivity index is 2.49. The molecule has 0 saturated heterocycles. The number of nitrogens with one attached hydrogen (secondary N) is 2. The van der Waals surface area contributed by atoms with E-state index in [0.717, 1.165) is 30.2 Å². The van der Waals surface area contributed by atoms with Crippen LogP contribution in [-0.2, 0) is 0 Å². The highest BCUT2D eigenvalue weighted by Gasteiger charge is 2.08. The fraction of sp³-hybridized carbons (Fsp3) is 0.250.